The van der Waals surface area contributed by atoms with Crippen molar-refractivity contribution in [1.82, 2.24) is 4.98 Å². The van der Waals surface area contributed by atoms with E-state index in [-0.39, 0.29) is 11.8 Å². The fourth-order valence-corrected chi connectivity index (χ4v) is 3.10. The van der Waals surface area contributed by atoms with Gasteiger partial charge in [-0.25, -0.2) is 4.98 Å². The molecule has 0 aliphatic heterocycles. The lowest BCUT2D eigenvalue weighted by atomic mass is 10.1. The van der Waals surface area contributed by atoms with E-state index in [1.807, 2.05) is 17.5 Å². The molecular formula is C18H14ClN3O2S. The minimum Gasteiger partial charge on any atom is -0.326 e. The summed E-state index contributed by atoms with van der Waals surface area (Å²) in [6.07, 6.45) is 0. The molecule has 1 heterocycles. The summed E-state index contributed by atoms with van der Waals surface area (Å²) in [5, 5.41) is 8.35. The number of carbonyl (C=O) groups excluding carboxylic acids is 2. The van der Waals surface area contributed by atoms with E-state index >= 15 is 0 Å². The van der Waals surface area contributed by atoms with E-state index in [1.54, 1.807) is 36.4 Å². The van der Waals surface area contributed by atoms with Crippen LogP contribution in [0.3, 0.4) is 0 Å². The molecule has 0 fully saturated rings. The van der Waals surface area contributed by atoms with E-state index in [0.29, 0.717) is 15.7 Å². The van der Waals surface area contributed by atoms with E-state index in [0.717, 1.165) is 16.9 Å². The molecule has 0 spiro atoms. The molecule has 0 unspecified atom stereocenters. The van der Waals surface area contributed by atoms with Crippen molar-refractivity contribution < 1.29 is 9.59 Å². The van der Waals surface area contributed by atoms with Gasteiger partial charge in [0.1, 0.15) is 0 Å². The number of nitrogens with one attached hydrogen (secondary N) is 2. The maximum absolute atomic E-state index is 12.2. The van der Waals surface area contributed by atoms with Crippen LogP contribution in [-0.4, -0.2) is 16.8 Å². The number of rotatable bonds is 4. The number of benzene rings is 2. The Morgan fingerprint density at radius 3 is 2.52 bits per heavy atom. The van der Waals surface area contributed by atoms with Gasteiger partial charge in [-0.05, 0) is 30.3 Å². The summed E-state index contributed by atoms with van der Waals surface area (Å²) in [6, 6.07) is 14.1. The molecule has 2 N–H and O–H groups in total. The van der Waals surface area contributed by atoms with Gasteiger partial charge in [-0.2, -0.15) is 0 Å². The molecule has 2 aromatic carbocycles. The fourth-order valence-electron chi connectivity index (χ4n) is 2.19. The average molecular weight is 372 g/mol. The van der Waals surface area contributed by atoms with Gasteiger partial charge in [0, 0.05) is 34.1 Å². The van der Waals surface area contributed by atoms with Crippen molar-refractivity contribution in [2.45, 2.75) is 6.92 Å². The number of aromatic nitrogens is 1. The van der Waals surface area contributed by atoms with Gasteiger partial charge in [0.2, 0.25) is 5.91 Å². The van der Waals surface area contributed by atoms with Gasteiger partial charge < -0.3 is 5.32 Å². The summed E-state index contributed by atoms with van der Waals surface area (Å²) in [6.45, 7) is 1.46. The van der Waals surface area contributed by atoms with Gasteiger partial charge in [-0.15, -0.1) is 11.3 Å². The van der Waals surface area contributed by atoms with Crippen molar-refractivity contribution >= 4 is 45.6 Å². The summed E-state index contributed by atoms with van der Waals surface area (Å²) in [5.41, 5.74) is 2.85. The summed E-state index contributed by atoms with van der Waals surface area (Å²) in [5.74, 6) is -0.378. The molecule has 25 heavy (non-hydrogen) atoms. The van der Waals surface area contributed by atoms with Crippen molar-refractivity contribution in [3.63, 3.8) is 0 Å². The van der Waals surface area contributed by atoms with Crippen LogP contribution in [0, 0.1) is 0 Å². The number of halogens is 1. The highest BCUT2D eigenvalue weighted by atomic mass is 35.5. The van der Waals surface area contributed by atoms with Gasteiger partial charge in [0.15, 0.2) is 5.13 Å². The van der Waals surface area contributed by atoms with Crippen LogP contribution in [0.2, 0.25) is 5.02 Å². The lowest BCUT2D eigenvalue weighted by molar-refractivity contribution is -0.114. The molecule has 0 atom stereocenters. The number of hydrogen-bond acceptors (Lipinski definition) is 4. The van der Waals surface area contributed by atoms with Crippen LogP contribution in [0.1, 0.15) is 17.3 Å². The Bertz CT molecular complexity index is 922. The lowest BCUT2D eigenvalue weighted by Gasteiger charge is -2.03. The highest BCUT2D eigenvalue weighted by molar-refractivity contribution is 7.14. The van der Waals surface area contributed by atoms with Crippen molar-refractivity contribution in [1.29, 1.82) is 0 Å². The summed E-state index contributed by atoms with van der Waals surface area (Å²) < 4.78 is 0. The van der Waals surface area contributed by atoms with Gasteiger partial charge in [0.05, 0.1) is 5.69 Å². The monoisotopic (exact) mass is 371 g/mol. The third-order valence-electron chi connectivity index (χ3n) is 3.31. The Labute approximate surface area is 153 Å². The third kappa shape index (κ3) is 4.43. The largest absolute Gasteiger partial charge is 0.326 e. The molecule has 3 aromatic rings. The maximum Gasteiger partial charge on any atom is 0.257 e. The molecule has 0 aliphatic carbocycles. The van der Waals surface area contributed by atoms with Crippen molar-refractivity contribution in [3.8, 4) is 11.3 Å². The molecule has 0 bridgehead atoms. The first-order valence-corrected chi connectivity index (χ1v) is 8.67. The normalized spacial score (nSPS) is 10.3. The van der Waals surface area contributed by atoms with Gasteiger partial charge in [-0.3, -0.25) is 14.9 Å². The number of nitrogens with zero attached hydrogens (tertiary/aromatic N) is 1. The molecule has 0 saturated heterocycles. The van der Waals surface area contributed by atoms with E-state index in [1.165, 1.54) is 18.3 Å². The highest BCUT2D eigenvalue weighted by Crippen LogP contribution is 2.26. The van der Waals surface area contributed by atoms with Crippen molar-refractivity contribution in [2.24, 2.45) is 0 Å². The van der Waals surface area contributed by atoms with Crippen LogP contribution >= 0.6 is 22.9 Å². The van der Waals surface area contributed by atoms with Crippen LogP contribution in [0.5, 0.6) is 0 Å². The molecule has 7 heteroatoms. The van der Waals surface area contributed by atoms with Gasteiger partial charge >= 0.3 is 0 Å². The lowest BCUT2D eigenvalue weighted by Crippen LogP contribution is -2.11. The van der Waals surface area contributed by atoms with Crippen LogP contribution in [0.4, 0.5) is 10.8 Å². The molecule has 1 aromatic heterocycles. The Balaban J connectivity index is 1.72. The number of hydrogen-bond donors (Lipinski definition) is 2. The standard InChI is InChI=1S/C18H14ClN3O2S/c1-11(23)20-15-7-5-12(6-8-15)16-10-25-18(21-16)22-17(24)13-3-2-4-14(19)9-13/h2-10H,1H3,(H,20,23)(H,21,22,24). The predicted molar refractivity (Wildman–Crippen MR) is 101 cm³/mol. The second-order valence-electron chi connectivity index (χ2n) is 5.26. The van der Waals surface area contributed by atoms with E-state index in [4.69, 9.17) is 11.6 Å². The predicted octanol–water partition coefficient (Wildman–Crippen LogP) is 4.67. The van der Waals surface area contributed by atoms with E-state index in [2.05, 4.69) is 15.6 Å². The zero-order valence-electron chi connectivity index (χ0n) is 13.2. The Hall–Kier alpha value is -2.70. The number of carbonyl (C=O) groups is 2. The number of amides is 2. The van der Waals surface area contributed by atoms with E-state index < -0.39 is 0 Å². The second kappa shape index (κ2) is 7.46. The Kier molecular flexibility index (Phi) is 5.11. The molecule has 5 nitrogen and oxygen atoms in total. The zero-order chi connectivity index (χ0) is 17.8. The fraction of sp³-hybridized carbons (Fsp3) is 0.0556. The minimum atomic E-state index is -0.260. The number of anilines is 2. The molecule has 0 radical (unpaired) electrons. The van der Waals surface area contributed by atoms with Crippen LogP contribution < -0.4 is 10.6 Å². The van der Waals surface area contributed by atoms with Gasteiger partial charge in [0.25, 0.3) is 5.91 Å². The third-order valence-corrected chi connectivity index (χ3v) is 4.31. The first kappa shape index (κ1) is 17.1. The maximum atomic E-state index is 12.2. The molecule has 2 amide bonds. The SMILES string of the molecule is CC(=O)Nc1ccc(-c2csc(NC(=O)c3cccc(Cl)c3)n2)cc1. The Morgan fingerprint density at radius 2 is 1.84 bits per heavy atom. The first-order valence-electron chi connectivity index (χ1n) is 7.42. The smallest absolute Gasteiger partial charge is 0.257 e. The highest BCUT2D eigenvalue weighted by Gasteiger charge is 2.10. The summed E-state index contributed by atoms with van der Waals surface area (Å²) in [7, 11) is 0. The van der Waals surface area contributed by atoms with E-state index in [9.17, 15) is 9.59 Å². The summed E-state index contributed by atoms with van der Waals surface area (Å²) in [4.78, 5) is 27.7. The first-order chi connectivity index (χ1) is 12.0. The van der Waals surface area contributed by atoms with Crippen molar-refractivity contribution in [3.05, 3.63) is 64.5 Å². The van der Waals surface area contributed by atoms with Gasteiger partial charge in [-0.1, -0.05) is 29.8 Å². The quantitative estimate of drug-likeness (QED) is 0.699. The van der Waals surface area contributed by atoms with Crippen LogP contribution in [-0.2, 0) is 4.79 Å². The molecule has 0 saturated carbocycles. The molecule has 126 valence electrons. The van der Waals surface area contributed by atoms with Crippen molar-refractivity contribution in [2.75, 3.05) is 10.6 Å². The average Bonchev–Trinajstić information content (AvgIpc) is 3.03. The van der Waals surface area contributed by atoms with Crippen LogP contribution in [0.25, 0.3) is 11.3 Å². The summed E-state index contributed by atoms with van der Waals surface area (Å²) >= 11 is 7.24. The minimum absolute atomic E-state index is 0.118. The molecule has 0 aliphatic rings. The van der Waals surface area contributed by atoms with Crippen LogP contribution in [0.15, 0.2) is 53.9 Å². The zero-order valence-corrected chi connectivity index (χ0v) is 14.8. The number of thiazole rings is 1. The molecular weight excluding hydrogens is 358 g/mol. The molecule has 3 rings (SSSR count). The second-order valence-corrected chi connectivity index (χ2v) is 6.56. The topological polar surface area (TPSA) is 71.1 Å². The Morgan fingerprint density at radius 1 is 1.08 bits per heavy atom.